The van der Waals surface area contributed by atoms with Crippen LogP contribution >= 0.6 is 0 Å². The second kappa shape index (κ2) is 8.12. The van der Waals surface area contributed by atoms with Gasteiger partial charge >= 0.3 is 5.97 Å². The van der Waals surface area contributed by atoms with E-state index >= 15 is 0 Å². The predicted octanol–water partition coefficient (Wildman–Crippen LogP) is 2.69. The van der Waals surface area contributed by atoms with Gasteiger partial charge in [0.1, 0.15) is 5.52 Å². The highest BCUT2D eigenvalue weighted by Crippen LogP contribution is 2.15. The third-order valence-corrected chi connectivity index (χ3v) is 3.15. The standard InChI is InChI=1S/C17H20N2O4/c1-3-6-12(2)18-15(20)11-22-17(21)10-9-16-19-13-7-4-5-8-14(13)23-16/h4-5,7-10,12H,3,6,11H2,1-2H3,(H,18,20)/b10-9+/t12-/m0/s1. The first-order chi connectivity index (χ1) is 11.1. The van der Waals surface area contributed by atoms with E-state index in [2.05, 4.69) is 10.3 Å². The number of fused-ring (bicyclic) bond motifs is 1. The fourth-order valence-electron chi connectivity index (χ4n) is 2.11. The zero-order valence-corrected chi connectivity index (χ0v) is 13.2. The van der Waals surface area contributed by atoms with Crippen molar-refractivity contribution >= 4 is 29.1 Å². The van der Waals surface area contributed by atoms with Crippen molar-refractivity contribution in [2.24, 2.45) is 0 Å². The first kappa shape index (κ1) is 16.7. The van der Waals surface area contributed by atoms with E-state index in [-0.39, 0.29) is 18.6 Å². The number of hydrogen-bond acceptors (Lipinski definition) is 5. The van der Waals surface area contributed by atoms with E-state index in [4.69, 9.17) is 9.15 Å². The molecule has 1 N–H and O–H groups in total. The van der Waals surface area contributed by atoms with Gasteiger partial charge in [-0.2, -0.15) is 0 Å². The van der Waals surface area contributed by atoms with Crippen molar-refractivity contribution in [2.45, 2.75) is 32.7 Å². The number of hydrogen-bond donors (Lipinski definition) is 1. The quantitative estimate of drug-likeness (QED) is 0.627. The molecule has 0 unspecified atom stereocenters. The van der Waals surface area contributed by atoms with Gasteiger partial charge in [-0.05, 0) is 25.5 Å². The molecule has 122 valence electrons. The summed E-state index contributed by atoms with van der Waals surface area (Å²) in [5, 5.41) is 2.76. The minimum atomic E-state index is -0.620. The van der Waals surface area contributed by atoms with Crippen LogP contribution in [0.15, 0.2) is 34.8 Å². The SMILES string of the molecule is CCC[C@H](C)NC(=O)COC(=O)/C=C/c1nc2ccccc2o1. The maximum atomic E-state index is 11.6. The summed E-state index contributed by atoms with van der Waals surface area (Å²) < 4.78 is 10.3. The van der Waals surface area contributed by atoms with Gasteiger partial charge in [0.15, 0.2) is 12.2 Å². The minimum absolute atomic E-state index is 0.0708. The van der Waals surface area contributed by atoms with Crippen LogP contribution in [0.4, 0.5) is 0 Å². The van der Waals surface area contributed by atoms with E-state index in [1.165, 1.54) is 12.2 Å². The first-order valence-electron chi connectivity index (χ1n) is 7.58. The lowest BCUT2D eigenvalue weighted by Crippen LogP contribution is -2.35. The molecule has 0 fully saturated rings. The summed E-state index contributed by atoms with van der Waals surface area (Å²) in [4.78, 5) is 27.4. The maximum absolute atomic E-state index is 11.6. The second-order valence-electron chi connectivity index (χ2n) is 5.22. The van der Waals surface area contributed by atoms with Crippen molar-refractivity contribution in [1.29, 1.82) is 0 Å². The van der Waals surface area contributed by atoms with E-state index in [9.17, 15) is 9.59 Å². The molecule has 0 radical (unpaired) electrons. The highest BCUT2D eigenvalue weighted by molar-refractivity contribution is 5.89. The molecule has 1 aromatic heterocycles. The molecule has 1 aromatic carbocycles. The zero-order valence-electron chi connectivity index (χ0n) is 13.2. The molecular formula is C17H20N2O4. The normalized spacial score (nSPS) is 12.4. The molecule has 6 heteroatoms. The molecule has 0 saturated heterocycles. The molecule has 23 heavy (non-hydrogen) atoms. The molecule has 1 atom stereocenters. The van der Waals surface area contributed by atoms with Crippen molar-refractivity contribution in [3.05, 3.63) is 36.2 Å². The van der Waals surface area contributed by atoms with Gasteiger partial charge < -0.3 is 14.5 Å². The summed E-state index contributed by atoms with van der Waals surface area (Å²) in [6.07, 6.45) is 4.47. The number of benzene rings is 1. The fraction of sp³-hybridized carbons (Fsp3) is 0.353. The highest BCUT2D eigenvalue weighted by Gasteiger charge is 2.09. The van der Waals surface area contributed by atoms with Crippen molar-refractivity contribution in [3.63, 3.8) is 0 Å². The molecule has 0 bridgehead atoms. The molecule has 1 amide bonds. The van der Waals surface area contributed by atoms with Crippen LogP contribution < -0.4 is 5.32 Å². The number of para-hydroxylation sites is 2. The van der Waals surface area contributed by atoms with Crippen LogP contribution in [0.2, 0.25) is 0 Å². The summed E-state index contributed by atoms with van der Waals surface area (Å²) in [7, 11) is 0. The van der Waals surface area contributed by atoms with Crippen LogP contribution in [0.25, 0.3) is 17.2 Å². The van der Waals surface area contributed by atoms with Crippen molar-refractivity contribution < 1.29 is 18.7 Å². The molecule has 2 aromatic rings. The number of nitrogens with one attached hydrogen (secondary N) is 1. The smallest absolute Gasteiger partial charge is 0.331 e. The Balaban J connectivity index is 1.81. The predicted molar refractivity (Wildman–Crippen MR) is 86.5 cm³/mol. The van der Waals surface area contributed by atoms with Gasteiger partial charge in [0.2, 0.25) is 5.89 Å². The molecule has 0 saturated carbocycles. The monoisotopic (exact) mass is 316 g/mol. The number of rotatable bonds is 7. The van der Waals surface area contributed by atoms with Gasteiger partial charge in [-0.1, -0.05) is 25.5 Å². The molecular weight excluding hydrogens is 296 g/mol. The van der Waals surface area contributed by atoms with E-state index in [1.54, 1.807) is 6.07 Å². The largest absolute Gasteiger partial charge is 0.452 e. The Kier molecular flexibility index (Phi) is 5.91. The highest BCUT2D eigenvalue weighted by atomic mass is 16.5. The Hall–Kier alpha value is -2.63. The van der Waals surface area contributed by atoms with E-state index < -0.39 is 5.97 Å². The van der Waals surface area contributed by atoms with Crippen LogP contribution in [0.3, 0.4) is 0 Å². The average molecular weight is 316 g/mol. The molecule has 0 spiro atoms. The zero-order chi connectivity index (χ0) is 16.7. The van der Waals surface area contributed by atoms with Gasteiger partial charge in [-0.3, -0.25) is 4.79 Å². The van der Waals surface area contributed by atoms with Crippen LogP contribution in [0.1, 0.15) is 32.6 Å². The van der Waals surface area contributed by atoms with Gasteiger partial charge in [0, 0.05) is 18.2 Å². The van der Waals surface area contributed by atoms with Gasteiger partial charge in [-0.15, -0.1) is 0 Å². The number of oxazole rings is 1. The van der Waals surface area contributed by atoms with Crippen LogP contribution in [-0.2, 0) is 14.3 Å². The third kappa shape index (κ3) is 5.25. The lowest BCUT2D eigenvalue weighted by molar-refractivity contribution is -0.144. The van der Waals surface area contributed by atoms with Crippen LogP contribution in [0, 0.1) is 0 Å². The number of carbonyl (C=O) groups is 2. The first-order valence-corrected chi connectivity index (χ1v) is 7.58. The Labute approximate surface area is 134 Å². The molecule has 2 rings (SSSR count). The van der Waals surface area contributed by atoms with Crippen LogP contribution in [-0.4, -0.2) is 29.5 Å². The second-order valence-corrected chi connectivity index (χ2v) is 5.22. The summed E-state index contributed by atoms with van der Waals surface area (Å²) >= 11 is 0. The number of ether oxygens (including phenoxy) is 1. The van der Waals surface area contributed by atoms with E-state index in [0.29, 0.717) is 17.0 Å². The Morgan fingerprint density at radius 3 is 2.91 bits per heavy atom. The number of amides is 1. The molecule has 0 aliphatic heterocycles. The molecule has 0 aliphatic carbocycles. The Morgan fingerprint density at radius 1 is 1.39 bits per heavy atom. The van der Waals surface area contributed by atoms with Gasteiger partial charge in [-0.25, -0.2) is 9.78 Å². The van der Waals surface area contributed by atoms with Gasteiger partial charge in [0.05, 0.1) is 0 Å². The molecule has 1 heterocycles. The lowest BCUT2D eigenvalue weighted by Gasteiger charge is -2.12. The van der Waals surface area contributed by atoms with E-state index in [0.717, 1.165) is 12.8 Å². The fourth-order valence-corrected chi connectivity index (χ4v) is 2.11. The summed E-state index contributed by atoms with van der Waals surface area (Å²) in [6.45, 7) is 3.65. The summed E-state index contributed by atoms with van der Waals surface area (Å²) in [6, 6.07) is 7.37. The van der Waals surface area contributed by atoms with Gasteiger partial charge in [0.25, 0.3) is 5.91 Å². The summed E-state index contributed by atoms with van der Waals surface area (Å²) in [5.41, 5.74) is 1.36. The maximum Gasteiger partial charge on any atom is 0.331 e. The Bertz CT molecular complexity index is 672. The third-order valence-electron chi connectivity index (χ3n) is 3.15. The van der Waals surface area contributed by atoms with Crippen LogP contribution in [0.5, 0.6) is 0 Å². The Morgan fingerprint density at radius 2 is 2.17 bits per heavy atom. The number of esters is 1. The van der Waals surface area contributed by atoms with Crippen molar-refractivity contribution in [2.75, 3.05) is 6.61 Å². The molecule has 0 aliphatic rings. The van der Waals surface area contributed by atoms with Crippen molar-refractivity contribution in [3.8, 4) is 0 Å². The number of aromatic nitrogens is 1. The molecule has 6 nitrogen and oxygen atoms in total. The summed E-state index contributed by atoms with van der Waals surface area (Å²) in [5.74, 6) is -0.621. The lowest BCUT2D eigenvalue weighted by atomic mass is 10.2. The number of nitrogens with zero attached hydrogens (tertiary/aromatic N) is 1. The van der Waals surface area contributed by atoms with E-state index in [1.807, 2.05) is 32.0 Å². The van der Waals surface area contributed by atoms with Crippen molar-refractivity contribution in [1.82, 2.24) is 10.3 Å². The average Bonchev–Trinajstić information content (AvgIpc) is 2.94. The minimum Gasteiger partial charge on any atom is -0.452 e. The number of carbonyl (C=O) groups excluding carboxylic acids is 2. The topological polar surface area (TPSA) is 81.4 Å².